The summed E-state index contributed by atoms with van der Waals surface area (Å²) in [5.74, 6) is 0.451. The topological polar surface area (TPSA) is 69.1 Å². The number of aromatic nitrogens is 4. The van der Waals surface area contributed by atoms with Gasteiger partial charge in [-0.05, 0) is 0 Å². The molecule has 0 aromatic carbocycles. The second kappa shape index (κ2) is 1.66. The van der Waals surface area contributed by atoms with Crippen molar-refractivity contribution >= 4 is 11.3 Å². The Kier molecular flexibility index (Phi) is 0.858. The van der Waals surface area contributed by atoms with Crippen molar-refractivity contribution in [3.05, 3.63) is 18.6 Å². The summed E-state index contributed by atoms with van der Waals surface area (Å²) >= 11 is 0. The lowest BCUT2D eigenvalue weighted by atomic mass is 10.5. The van der Waals surface area contributed by atoms with E-state index in [-0.39, 0.29) is 0 Å². The van der Waals surface area contributed by atoms with Crippen LogP contribution in [-0.4, -0.2) is 19.8 Å². The molecule has 0 amide bonds. The van der Waals surface area contributed by atoms with E-state index in [0.717, 1.165) is 5.52 Å². The van der Waals surface area contributed by atoms with Gasteiger partial charge in [-0.15, -0.1) is 5.10 Å². The lowest BCUT2D eigenvalue weighted by Crippen LogP contribution is -1.94. The molecule has 2 rings (SSSR count). The second-order valence-electron chi connectivity index (χ2n) is 1.88. The zero-order valence-electron chi connectivity index (χ0n) is 5.10. The maximum atomic E-state index is 5.49. The van der Waals surface area contributed by atoms with Gasteiger partial charge >= 0.3 is 0 Å². The summed E-state index contributed by atoms with van der Waals surface area (Å²) in [4.78, 5) is 3.86. The Morgan fingerprint density at radius 2 is 2.40 bits per heavy atom. The quantitative estimate of drug-likeness (QED) is 0.538. The van der Waals surface area contributed by atoms with Crippen LogP contribution in [0.5, 0.6) is 0 Å². The summed E-state index contributed by atoms with van der Waals surface area (Å²) in [6, 6.07) is 0. The number of nitrogens with zero attached hydrogens (tertiary/aromatic N) is 4. The van der Waals surface area contributed by atoms with Gasteiger partial charge in [0.05, 0.1) is 6.20 Å². The van der Waals surface area contributed by atoms with E-state index in [1.54, 1.807) is 23.1 Å². The number of hydrogen-bond donors (Lipinski definition) is 1. The molecule has 0 aliphatic rings. The molecule has 0 aliphatic carbocycles. The van der Waals surface area contributed by atoms with E-state index in [1.165, 1.54) is 0 Å². The standard InChI is InChI=1S/C5H5N5/c6-5-4-3-8-9-10(4)2-1-7-5/h1-3H,(H2,6,7). The molecule has 50 valence electrons. The zero-order valence-corrected chi connectivity index (χ0v) is 5.10. The van der Waals surface area contributed by atoms with Crippen LogP contribution in [0, 0.1) is 0 Å². The Labute approximate surface area is 56.5 Å². The van der Waals surface area contributed by atoms with Crippen molar-refractivity contribution in [1.82, 2.24) is 19.8 Å². The van der Waals surface area contributed by atoms with Gasteiger partial charge in [0.15, 0.2) is 5.82 Å². The molecule has 0 saturated heterocycles. The molecule has 0 atom stereocenters. The minimum absolute atomic E-state index is 0.451. The third-order valence-corrected chi connectivity index (χ3v) is 1.26. The first-order valence-corrected chi connectivity index (χ1v) is 2.78. The molecular weight excluding hydrogens is 130 g/mol. The van der Waals surface area contributed by atoms with Gasteiger partial charge in [0.1, 0.15) is 5.52 Å². The van der Waals surface area contributed by atoms with Crippen LogP contribution >= 0.6 is 0 Å². The molecular formula is C5H5N5. The molecule has 5 heteroatoms. The maximum absolute atomic E-state index is 5.49. The van der Waals surface area contributed by atoms with Gasteiger partial charge in [-0.25, -0.2) is 9.50 Å². The van der Waals surface area contributed by atoms with E-state index in [9.17, 15) is 0 Å². The fourth-order valence-electron chi connectivity index (χ4n) is 0.780. The van der Waals surface area contributed by atoms with Gasteiger partial charge in [0.2, 0.25) is 0 Å². The average molecular weight is 135 g/mol. The molecule has 2 N–H and O–H groups in total. The highest BCUT2D eigenvalue weighted by Crippen LogP contribution is 2.04. The largest absolute Gasteiger partial charge is 0.382 e. The normalized spacial score (nSPS) is 10.4. The van der Waals surface area contributed by atoms with Crippen LogP contribution in [0.3, 0.4) is 0 Å². The fraction of sp³-hybridized carbons (Fsp3) is 0. The molecule has 0 radical (unpaired) electrons. The molecule has 0 aliphatic heterocycles. The summed E-state index contributed by atoms with van der Waals surface area (Å²) in [6.45, 7) is 0. The maximum Gasteiger partial charge on any atom is 0.151 e. The molecule has 2 aromatic heterocycles. The number of nitrogen functional groups attached to an aromatic ring is 1. The predicted molar refractivity (Wildman–Crippen MR) is 35.2 cm³/mol. The molecule has 5 nitrogen and oxygen atoms in total. The third kappa shape index (κ3) is 0.540. The van der Waals surface area contributed by atoms with E-state index < -0.39 is 0 Å². The smallest absolute Gasteiger partial charge is 0.151 e. The Hall–Kier alpha value is -1.65. The van der Waals surface area contributed by atoms with Crippen molar-refractivity contribution in [3.8, 4) is 0 Å². The van der Waals surface area contributed by atoms with Crippen molar-refractivity contribution in [2.24, 2.45) is 0 Å². The third-order valence-electron chi connectivity index (χ3n) is 1.26. The van der Waals surface area contributed by atoms with Gasteiger partial charge in [-0.3, -0.25) is 0 Å². The van der Waals surface area contributed by atoms with E-state index in [4.69, 9.17) is 5.73 Å². The number of nitrogens with two attached hydrogens (primary N) is 1. The number of fused-ring (bicyclic) bond motifs is 1. The van der Waals surface area contributed by atoms with Gasteiger partial charge in [-0.2, -0.15) is 0 Å². The number of hydrogen-bond acceptors (Lipinski definition) is 4. The van der Waals surface area contributed by atoms with Crippen molar-refractivity contribution in [1.29, 1.82) is 0 Å². The van der Waals surface area contributed by atoms with E-state index in [2.05, 4.69) is 15.3 Å². The highest BCUT2D eigenvalue weighted by molar-refractivity contribution is 5.62. The SMILES string of the molecule is Nc1nccn2nncc12. The van der Waals surface area contributed by atoms with Crippen LogP contribution in [-0.2, 0) is 0 Å². The molecule has 2 aromatic rings. The Morgan fingerprint density at radius 3 is 3.20 bits per heavy atom. The second-order valence-corrected chi connectivity index (χ2v) is 1.88. The van der Waals surface area contributed by atoms with Crippen molar-refractivity contribution in [2.75, 3.05) is 5.73 Å². The van der Waals surface area contributed by atoms with E-state index in [0.29, 0.717) is 5.82 Å². The first-order valence-electron chi connectivity index (χ1n) is 2.78. The average Bonchev–Trinajstić information content (AvgIpc) is 2.36. The molecule has 10 heavy (non-hydrogen) atoms. The van der Waals surface area contributed by atoms with Crippen molar-refractivity contribution < 1.29 is 0 Å². The van der Waals surface area contributed by atoms with Crippen LogP contribution < -0.4 is 5.73 Å². The Balaban J connectivity index is 2.95. The molecule has 0 fully saturated rings. The lowest BCUT2D eigenvalue weighted by molar-refractivity contribution is 0.850. The van der Waals surface area contributed by atoms with Gasteiger partial charge in [0.25, 0.3) is 0 Å². The molecule has 0 spiro atoms. The van der Waals surface area contributed by atoms with E-state index >= 15 is 0 Å². The summed E-state index contributed by atoms with van der Waals surface area (Å²) < 4.78 is 1.57. The Morgan fingerprint density at radius 1 is 1.50 bits per heavy atom. The van der Waals surface area contributed by atoms with Crippen LogP contribution in [0.15, 0.2) is 18.6 Å². The molecule has 2 heterocycles. The van der Waals surface area contributed by atoms with E-state index in [1.807, 2.05) is 0 Å². The Bertz CT molecular complexity index is 352. The van der Waals surface area contributed by atoms with Crippen LogP contribution in [0.2, 0.25) is 0 Å². The van der Waals surface area contributed by atoms with Crippen LogP contribution in [0.4, 0.5) is 5.82 Å². The van der Waals surface area contributed by atoms with Crippen molar-refractivity contribution in [2.45, 2.75) is 0 Å². The van der Waals surface area contributed by atoms with Crippen LogP contribution in [0.1, 0.15) is 0 Å². The minimum Gasteiger partial charge on any atom is -0.382 e. The first kappa shape index (κ1) is 5.16. The van der Waals surface area contributed by atoms with Gasteiger partial charge in [-0.1, -0.05) is 5.21 Å². The number of rotatable bonds is 0. The van der Waals surface area contributed by atoms with Crippen molar-refractivity contribution in [3.63, 3.8) is 0 Å². The molecule has 0 unspecified atom stereocenters. The summed E-state index contributed by atoms with van der Waals surface area (Å²) in [5, 5.41) is 7.38. The van der Waals surface area contributed by atoms with Gasteiger partial charge in [0, 0.05) is 12.4 Å². The fourth-order valence-corrected chi connectivity index (χ4v) is 0.780. The summed E-state index contributed by atoms with van der Waals surface area (Å²) in [6.07, 6.45) is 4.85. The van der Waals surface area contributed by atoms with Crippen LogP contribution in [0.25, 0.3) is 5.52 Å². The number of anilines is 1. The predicted octanol–water partition coefficient (Wildman–Crippen LogP) is -0.294. The first-order chi connectivity index (χ1) is 4.88. The highest BCUT2D eigenvalue weighted by atomic mass is 15.4. The summed E-state index contributed by atoms with van der Waals surface area (Å²) in [7, 11) is 0. The van der Waals surface area contributed by atoms with Gasteiger partial charge < -0.3 is 5.73 Å². The monoisotopic (exact) mass is 135 g/mol. The highest BCUT2D eigenvalue weighted by Gasteiger charge is 1.96. The minimum atomic E-state index is 0.451. The summed E-state index contributed by atoms with van der Waals surface area (Å²) in [5.41, 5.74) is 6.23. The zero-order chi connectivity index (χ0) is 6.97. The molecule has 0 saturated carbocycles. The molecule has 0 bridgehead atoms. The lowest BCUT2D eigenvalue weighted by Gasteiger charge is -1.91.